The molecule has 1 N–H and O–H groups in total. The summed E-state index contributed by atoms with van der Waals surface area (Å²) in [5.74, 6) is -0.162. The average molecular weight is 392 g/mol. The Balaban J connectivity index is 1.47. The van der Waals surface area contributed by atoms with Crippen molar-refractivity contribution in [1.82, 2.24) is 20.0 Å². The second-order valence-corrected chi connectivity index (χ2v) is 7.54. The van der Waals surface area contributed by atoms with Crippen LogP contribution in [0.15, 0.2) is 36.5 Å². The number of carbonyl (C=O) groups excluding carboxylic acids is 1. The molecule has 28 heavy (non-hydrogen) atoms. The van der Waals surface area contributed by atoms with Crippen molar-refractivity contribution in [3.05, 3.63) is 53.3 Å². The second kappa shape index (κ2) is 7.58. The summed E-state index contributed by atoms with van der Waals surface area (Å²) < 4.78 is 40.1. The molecule has 2 aromatic rings. The number of rotatable bonds is 5. The molecule has 1 aliphatic carbocycles. The molecule has 1 aromatic heterocycles. The fourth-order valence-corrected chi connectivity index (χ4v) is 3.61. The van der Waals surface area contributed by atoms with Crippen LogP contribution in [0, 0.1) is 0 Å². The Morgan fingerprint density at radius 2 is 1.93 bits per heavy atom. The fourth-order valence-electron chi connectivity index (χ4n) is 3.61. The third kappa shape index (κ3) is 4.22. The largest absolute Gasteiger partial charge is 0.416 e. The van der Waals surface area contributed by atoms with E-state index in [-0.39, 0.29) is 18.0 Å². The van der Waals surface area contributed by atoms with Crippen molar-refractivity contribution in [2.75, 3.05) is 13.1 Å². The molecule has 1 aromatic carbocycles. The number of halogens is 3. The van der Waals surface area contributed by atoms with Crippen molar-refractivity contribution in [3.8, 4) is 0 Å². The summed E-state index contributed by atoms with van der Waals surface area (Å²) >= 11 is 0. The average Bonchev–Trinajstić information content (AvgIpc) is 3.41. The number of amides is 1. The minimum Gasteiger partial charge on any atom is -0.330 e. The van der Waals surface area contributed by atoms with Gasteiger partial charge in [-0.05, 0) is 56.0 Å². The summed E-state index contributed by atoms with van der Waals surface area (Å²) in [4.78, 5) is 14.7. The molecule has 5 nitrogen and oxygen atoms in total. The van der Waals surface area contributed by atoms with Gasteiger partial charge in [-0.25, -0.2) is 0 Å². The van der Waals surface area contributed by atoms with Crippen LogP contribution >= 0.6 is 0 Å². The molecule has 1 amide bonds. The maximum atomic E-state index is 13.0. The van der Waals surface area contributed by atoms with Crippen LogP contribution in [0.1, 0.15) is 53.3 Å². The summed E-state index contributed by atoms with van der Waals surface area (Å²) in [5, 5.41) is 7.82. The van der Waals surface area contributed by atoms with Crippen molar-refractivity contribution >= 4 is 5.91 Å². The van der Waals surface area contributed by atoms with E-state index in [2.05, 4.69) is 10.4 Å². The van der Waals surface area contributed by atoms with Gasteiger partial charge in [-0.1, -0.05) is 12.1 Å². The molecule has 150 valence electrons. The highest BCUT2D eigenvalue weighted by Gasteiger charge is 2.35. The summed E-state index contributed by atoms with van der Waals surface area (Å²) in [7, 11) is 0. The van der Waals surface area contributed by atoms with Crippen LogP contribution in [0.25, 0.3) is 0 Å². The van der Waals surface area contributed by atoms with Crippen LogP contribution in [0.4, 0.5) is 13.2 Å². The number of benzene rings is 1. The van der Waals surface area contributed by atoms with E-state index in [1.54, 1.807) is 11.0 Å². The van der Waals surface area contributed by atoms with E-state index in [1.807, 2.05) is 10.9 Å². The highest BCUT2D eigenvalue weighted by atomic mass is 19.4. The van der Waals surface area contributed by atoms with E-state index in [0.29, 0.717) is 17.8 Å². The third-order valence-corrected chi connectivity index (χ3v) is 5.36. The van der Waals surface area contributed by atoms with Gasteiger partial charge in [0.25, 0.3) is 5.91 Å². The number of alkyl halides is 3. The summed E-state index contributed by atoms with van der Waals surface area (Å²) in [6, 6.07) is 7.14. The molecule has 0 bridgehead atoms. The van der Waals surface area contributed by atoms with Crippen LogP contribution in [0.5, 0.6) is 0 Å². The Labute approximate surface area is 161 Å². The van der Waals surface area contributed by atoms with Crippen LogP contribution in [0.2, 0.25) is 0 Å². The van der Waals surface area contributed by atoms with Crippen molar-refractivity contribution in [2.45, 2.75) is 50.5 Å². The van der Waals surface area contributed by atoms with E-state index in [0.717, 1.165) is 50.9 Å². The van der Waals surface area contributed by atoms with E-state index in [1.165, 1.54) is 12.1 Å². The van der Waals surface area contributed by atoms with E-state index >= 15 is 0 Å². The van der Waals surface area contributed by atoms with Crippen LogP contribution in [0.3, 0.4) is 0 Å². The molecule has 4 rings (SSSR count). The van der Waals surface area contributed by atoms with Gasteiger partial charge < -0.3 is 10.2 Å². The molecule has 1 aliphatic heterocycles. The molecule has 0 radical (unpaired) electrons. The first kappa shape index (κ1) is 19.0. The normalized spacial score (nSPS) is 20.2. The zero-order valence-electron chi connectivity index (χ0n) is 15.5. The number of aromatic nitrogens is 2. The number of hydrogen-bond acceptors (Lipinski definition) is 3. The molecular formula is C20H23F3N4O. The SMILES string of the molecule is O=C(c1ccn(C2CCCNC2)n1)N(Cc1ccc(C(F)(F)F)cc1)C1CC1. The van der Waals surface area contributed by atoms with E-state index < -0.39 is 11.7 Å². The summed E-state index contributed by atoms with van der Waals surface area (Å²) in [6.07, 6.45) is 1.43. The second-order valence-electron chi connectivity index (χ2n) is 7.54. The van der Waals surface area contributed by atoms with Gasteiger partial charge in [0.2, 0.25) is 0 Å². The van der Waals surface area contributed by atoms with Gasteiger partial charge >= 0.3 is 6.18 Å². The Bertz CT molecular complexity index is 821. The lowest BCUT2D eigenvalue weighted by atomic mass is 10.1. The Kier molecular flexibility index (Phi) is 5.14. The highest BCUT2D eigenvalue weighted by molar-refractivity contribution is 5.92. The smallest absolute Gasteiger partial charge is 0.330 e. The lowest BCUT2D eigenvalue weighted by Gasteiger charge is -2.23. The topological polar surface area (TPSA) is 50.2 Å². The van der Waals surface area contributed by atoms with Gasteiger partial charge in [0.1, 0.15) is 5.69 Å². The Morgan fingerprint density at radius 3 is 2.54 bits per heavy atom. The number of nitrogens with one attached hydrogen (secondary N) is 1. The first-order valence-corrected chi connectivity index (χ1v) is 9.65. The predicted molar refractivity (Wildman–Crippen MR) is 97.7 cm³/mol. The lowest BCUT2D eigenvalue weighted by molar-refractivity contribution is -0.137. The molecule has 2 fully saturated rings. The molecule has 1 unspecified atom stereocenters. The van der Waals surface area contributed by atoms with Crippen LogP contribution in [-0.2, 0) is 12.7 Å². The number of nitrogens with zero attached hydrogens (tertiary/aromatic N) is 3. The van der Waals surface area contributed by atoms with Gasteiger partial charge in [0, 0.05) is 25.3 Å². The van der Waals surface area contributed by atoms with Crippen molar-refractivity contribution in [2.24, 2.45) is 0 Å². The number of piperidine rings is 1. The zero-order valence-corrected chi connectivity index (χ0v) is 15.5. The van der Waals surface area contributed by atoms with E-state index in [4.69, 9.17) is 0 Å². The molecular weight excluding hydrogens is 369 g/mol. The van der Waals surface area contributed by atoms with Crippen LogP contribution < -0.4 is 5.32 Å². The van der Waals surface area contributed by atoms with Gasteiger partial charge in [0.05, 0.1) is 11.6 Å². The highest BCUT2D eigenvalue weighted by Crippen LogP contribution is 2.32. The molecule has 1 saturated heterocycles. The van der Waals surface area contributed by atoms with Crippen molar-refractivity contribution in [3.63, 3.8) is 0 Å². The van der Waals surface area contributed by atoms with Gasteiger partial charge in [-0.2, -0.15) is 18.3 Å². The minimum absolute atomic E-state index is 0.135. The number of carbonyl (C=O) groups is 1. The molecule has 8 heteroatoms. The Morgan fingerprint density at radius 1 is 1.18 bits per heavy atom. The summed E-state index contributed by atoms with van der Waals surface area (Å²) in [5.41, 5.74) is 0.397. The van der Waals surface area contributed by atoms with Crippen molar-refractivity contribution < 1.29 is 18.0 Å². The van der Waals surface area contributed by atoms with Crippen LogP contribution in [-0.4, -0.2) is 39.7 Å². The molecule has 2 aliphatic rings. The van der Waals surface area contributed by atoms with Gasteiger partial charge in [-0.15, -0.1) is 0 Å². The summed E-state index contributed by atoms with van der Waals surface area (Å²) in [6.45, 7) is 2.14. The minimum atomic E-state index is -4.36. The maximum absolute atomic E-state index is 13.0. The van der Waals surface area contributed by atoms with E-state index in [9.17, 15) is 18.0 Å². The monoisotopic (exact) mass is 392 g/mol. The first-order chi connectivity index (χ1) is 13.4. The standard InChI is InChI=1S/C20H23F3N4O/c21-20(22,23)15-5-3-14(4-6-15)13-26(16-7-8-16)19(28)18-9-11-27(25-18)17-2-1-10-24-12-17/h3-6,9,11,16-17,24H,1-2,7-8,10,12-13H2. The predicted octanol–water partition coefficient (Wildman–Crippen LogP) is 3.63. The lowest BCUT2D eigenvalue weighted by Crippen LogP contribution is -2.34. The molecule has 2 heterocycles. The van der Waals surface area contributed by atoms with Gasteiger partial charge in [-0.3, -0.25) is 9.48 Å². The molecule has 1 saturated carbocycles. The maximum Gasteiger partial charge on any atom is 0.416 e. The number of hydrogen-bond donors (Lipinski definition) is 1. The molecule has 1 atom stereocenters. The Hall–Kier alpha value is -2.35. The zero-order chi connectivity index (χ0) is 19.7. The first-order valence-electron chi connectivity index (χ1n) is 9.65. The third-order valence-electron chi connectivity index (χ3n) is 5.36. The van der Waals surface area contributed by atoms with Crippen molar-refractivity contribution in [1.29, 1.82) is 0 Å². The fraction of sp³-hybridized carbons (Fsp3) is 0.500. The van der Waals surface area contributed by atoms with Gasteiger partial charge in [0.15, 0.2) is 0 Å². The quantitative estimate of drug-likeness (QED) is 0.845. The molecule has 0 spiro atoms.